The van der Waals surface area contributed by atoms with Crippen molar-refractivity contribution in [2.45, 2.75) is 26.2 Å². The number of ether oxygens (including phenoxy) is 1. The zero-order chi connectivity index (χ0) is 19.4. The predicted molar refractivity (Wildman–Crippen MR) is 107 cm³/mol. The van der Waals surface area contributed by atoms with E-state index in [1.165, 1.54) is 0 Å². The minimum atomic E-state index is 0.0125. The third-order valence-corrected chi connectivity index (χ3v) is 4.71. The highest BCUT2D eigenvalue weighted by molar-refractivity contribution is 5.91. The number of hydrogen-bond acceptors (Lipinski definition) is 3. The summed E-state index contributed by atoms with van der Waals surface area (Å²) in [5.41, 5.74) is 3.22. The first kappa shape index (κ1) is 18.5. The molecule has 138 valence electrons. The molecule has 0 fully saturated rings. The maximum atomic E-state index is 11.8. The maximum absolute atomic E-state index is 11.8. The van der Waals surface area contributed by atoms with Gasteiger partial charge in [0, 0.05) is 36.1 Å². The summed E-state index contributed by atoms with van der Waals surface area (Å²) in [7, 11) is 3.61. The molecule has 1 amide bonds. The van der Waals surface area contributed by atoms with E-state index < -0.39 is 0 Å². The van der Waals surface area contributed by atoms with E-state index in [1.54, 1.807) is 7.11 Å². The zero-order valence-corrected chi connectivity index (χ0v) is 15.9. The molecule has 0 saturated carbocycles. The Kier molecular flexibility index (Phi) is 5.46. The molecule has 1 aromatic carbocycles. The van der Waals surface area contributed by atoms with Crippen molar-refractivity contribution in [3.8, 4) is 17.3 Å². The van der Waals surface area contributed by atoms with Crippen LogP contribution in [0.25, 0.3) is 23.4 Å². The number of allylic oxidation sites excluding steroid dienone is 2. The van der Waals surface area contributed by atoms with Gasteiger partial charge in [0.05, 0.1) is 24.1 Å². The minimum absolute atomic E-state index is 0.0125. The number of rotatable bonds is 5. The number of aromatic nitrogens is 1. The van der Waals surface area contributed by atoms with Crippen molar-refractivity contribution in [3.63, 3.8) is 0 Å². The highest BCUT2D eigenvalue weighted by Gasteiger charge is 2.15. The minimum Gasteiger partial charge on any atom is -0.501 e. The van der Waals surface area contributed by atoms with Crippen molar-refractivity contribution in [1.29, 1.82) is 5.26 Å². The summed E-state index contributed by atoms with van der Waals surface area (Å²) >= 11 is 0. The molecule has 1 aliphatic rings. The number of carbonyl (C=O) groups excluding carboxylic acids is 1. The van der Waals surface area contributed by atoms with E-state index in [2.05, 4.69) is 11.4 Å². The first-order valence-corrected chi connectivity index (χ1v) is 9.03. The molecule has 5 heteroatoms. The molecule has 0 spiro atoms. The van der Waals surface area contributed by atoms with Crippen LogP contribution in [0.3, 0.4) is 0 Å². The number of nitrogens with zero attached hydrogens (tertiary/aromatic N) is 2. The molecule has 1 N–H and O–H groups in total. The fourth-order valence-corrected chi connectivity index (χ4v) is 3.34. The van der Waals surface area contributed by atoms with Crippen molar-refractivity contribution in [2.24, 2.45) is 7.05 Å². The van der Waals surface area contributed by atoms with Gasteiger partial charge in [-0.15, -0.1) is 0 Å². The number of methoxy groups -OCH3 is 1. The lowest BCUT2D eigenvalue weighted by Gasteiger charge is -2.08. The summed E-state index contributed by atoms with van der Waals surface area (Å²) in [6.45, 7) is 1.98. The summed E-state index contributed by atoms with van der Waals surface area (Å²) in [5, 5.41) is 14.6. The van der Waals surface area contributed by atoms with E-state index in [4.69, 9.17) is 4.74 Å². The molecule has 0 aliphatic heterocycles. The average molecular weight is 361 g/mol. The molecular weight excluding hydrogens is 338 g/mol. The summed E-state index contributed by atoms with van der Waals surface area (Å²) in [5.74, 6) is 0.877. The fourth-order valence-electron chi connectivity index (χ4n) is 3.34. The maximum Gasteiger partial charge on any atom is 0.224 e. The molecule has 0 atom stereocenters. The van der Waals surface area contributed by atoms with Gasteiger partial charge in [0.2, 0.25) is 5.91 Å². The van der Waals surface area contributed by atoms with Gasteiger partial charge in [0.25, 0.3) is 0 Å². The molecule has 3 rings (SSSR count). The normalized spacial score (nSPS) is 12.6. The van der Waals surface area contributed by atoms with Crippen LogP contribution >= 0.6 is 0 Å². The molecule has 0 radical (unpaired) electrons. The van der Waals surface area contributed by atoms with E-state index in [0.29, 0.717) is 18.4 Å². The molecule has 0 saturated heterocycles. The molecule has 1 aliphatic carbocycles. The molecule has 2 aromatic rings. The lowest BCUT2D eigenvalue weighted by Crippen LogP contribution is -2.28. The zero-order valence-electron chi connectivity index (χ0n) is 15.9. The second-order valence-electron chi connectivity index (χ2n) is 6.48. The molecular formula is C22H23N3O2. The van der Waals surface area contributed by atoms with Crippen LogP contribution in [-0.2, 0) is 16.6 Å². The number of nitriles is 1. The Balaban J connectivity index is 2.04. The van der Waals surface area contributed by atoms with Gasteiger partial charge in [-0.25, -0.2) is 0 Å². The number of nitrogens with one attached hydrogen (secondary N) is 1. The number of fused-ring (bicyclic) bond motifs is 1. The van der Waals surface area contributed by atoms with Crippen molar-refractivity contribution in [1.82, 2.24) is 4.57 Å². The molecule has 1 heterocycles. The number of hydrogen-bond donors (Lipinski definition) is 1. The van der Waals surface area contributed by atoms with Gasteiger partial charge >= 0.3 is 0 Å². The Bertz CT molecular complexity index is 1050. The SMILES string of the molecule is CCCC(=O)Nc1ccc(-c2c(C#N)c3c(n2C)=CC=C(OC)CC=3)cc1. The number of carbonyl (C=O) groups is 1. The predicted octanol–water partition coefficient (Wildman–Crippen LogP) is 2.80. The van der Waals surface area contributed by atoms with Crippen LogP contribution in [-0.4, -0.2) is 17.6 Å². The molecule has 0 unspecified atom stereocenters. The second kappa shape index (κ2) is 7.96. The van der Waals surface area contributed by atoms with Gasteiger partial charge in [-0.3, -0.25) is 4.79 Å². The van der Waals surface area contributed by atoms with E-state index in [0.717, 1.165) is 39.7 Å². The van der Waals surface area contributed by atoms with Crippen LogP contribution in [0.2, 0.25) is 0 Å². The van der Waals surface area contributed by atoms with Crippen LogP contribution in [0.5, 0.6) is 0 Å². The van der Waals surface area contributed by atoms with Gasteiger partial charge in [-0.05, 0) is 36.3 Å². The van der Waals surface area contributed by atoms with Crippen LogP contribution in [0.15, 0.2) is 36.1 Å². The number of anilines is 1. The lowest BCUT2D eigenvalue weighted by atomic mass is 10.1. The molecule has 1 aromatic heterocycles. The van der Waals surface area contributed by atoms with E-state index in [9.17, 15) is 10.1 Å². The Morgan fingerprint density at radius 3 is 2.67 bits per heavy atom. The van der Waals surface area contributed by atoms with Crippen LogP contribution in [0.4, 0.5) is 5.69 Å². The van der Waals surface area contributed by atoms with E-state index in [1.807, 2.05) is 61.0 Å². The Morgan fingerprint density at radius 1 is 1.30 bits per heavy atom. The Hall–Kier alpha value is -3.26. The largest absolute Gasteiger partial charge is 0.501 e. The number of benzene rings is 1. The van der Waals surface area contributed by atoms with Crippen LogP contribution in [0, 0.1) is 11.3 Å². The third kappa shape index (κ3) is 3.65. The molecule has 27 heavy (non-hydrogen) atoms. The first-order chi connectivity index (χ1) is 13.1. The summed E-state index contributed by atoms with van der Waals surface area (Å²) in [6, 6.07) is 9.98. The number of amides is 1. The molecule has 0 bridgehead atoms. The van der Waals surface area contributed by atoms with Crippen molar-refractivity contribution in [2.75, 3.05) is 12.4 Å². The van der Waals surface area contributed by atoms with Gasteiger partial charge in [0.15, 0.2) is 0 Å². The van der Waals surface area contributed by atoms with Gasteiger partial charge in [0.1, 0.15) is 6.07 Å². The van der Waals surface area contributed by atoms with Gasteiger partial charge in [-0.2, -0.15) is 5.26 Å². The highest BCUT2D eigenvalue weighted by Crippen LogP contribution is 2.23. The topological polar surface area (TPSA) is 67.0 Å². The monoisotopic (exact) mass is 361 g/mol. The molecule has 5 nitrogen and oxygen atoms in total. The Labute approximate surface area is 158 Å². The van der Waals surface area contributed by atoms with Gasteiger partial charge < -0.3 is 14.6 Å². The lowest BCUT2D eigenvalue weighted by molar-refractivity contribution is -0.116. The summed E-state index contributed by atoms with van der Waals surface area (Å²) in [4.78, 5) is 11.8. The van der Waals surface area contributed by atoms with Crippen molar-refractivity contribution < 1.29 is 9.53 Å². The van der Waals surface area contributed by atoms with E-state index >= 15 is 0 Å². The van der Waals surface area contributed by atoms with Crippen molar-refractivity contribution >= 4 is 23.7 Å². The highest BCUT2D eigenvalue weighted by atomic mass is 16.5. The van der Waals surface area contributed by atoms with E-state index in [-0.39, 0.29) is 5.91 Å². The van der Waals surface area contributed by atoms with Crippen LogP contribution < -0.4 is 15.9 Å². The van der Waals surface area contributed by atoms with Crippen molar-refractivity contribution in [3.05, 3.63) is 52.2 Å². The van der Waals surface area contributed by atoms with Crippen LogP contribution in [0.1, 0.15) is 31.7 Å². The quantitative estimate of drug-likeness (QED) is 0.890. The second-order valence-corrected chi connectivity index (χ2v) is 6.48. The smallest absolute Gasteiger partial charge is 0.224 e. The average Bonchev–Trinajstić information content (AvgIpc) is 2.81. The fraction of sp³-hybridized carbons (Fsp3) is 0.273. The first-order valence-electron chi connectivity index (χ1n) is 9.03. The Morgan fingerprint density at radius 2 is 2.04 bits per heavy atom. The standard InChI is InChI=1S/C22H23N3O2/c1-4-5-21(26)24-16-8-6-15(7-9-16)22-19(14-23)18-12-10-17(27-3)11-13-20(18)25(22)2/h6-9,11-13H,4-5,10H2,1-3H3,(H,24,26). The van der Waals surface area contributed by atoms with Gasteiger partial charge in [-0.1, -0.05) is 25.1 Å². The summed E-state index contributed by atoms with van der Waals surface area (Å²) < 4.78 is 7.37. The third-order valence-electron chi connectivity index (χ3n) is 4.71. The summed E-state index contributed by atoms with van der Waals surface area (Å²) in [6.07, 6.45) is 7.95.